The monoisotopic (exact) mass is 325 g/mol. The lowest BCUT2D eigenvalue weighted by Gasteiger charge is -2.27. The van der Waals surface area contributed by atoms with Gasteiger partial charge >= 0.3 is 0 Å². The summed E-state index contributed by atoms with van der Waals surface area (Å²) in [5.41, 5.74) is 1.89. The fourth-order valence-corrected chi connectivity index (χ4v) is 2.86. The van der Waals surface area contributed by atoms with E-state index in [2.05, 4.69) is 10.00 Å². The van der Waals surface area contributed by atoms with Gasteiger partial charge in [-0.1, -0.05) is 17.7 Å². The Hall–Kier alpha value is -1.47. The first kappa shape index (κ1) is 15.4. The second kappa shape index (κ2) is 6.34. The second-order valence-electron chi connectivity index (χ2n) is 5.39. The first-order valence-corrected chi connectivity index (χ1v) is 7.47. The van der Waals surface area contributed by atoms with Gasteiger partial charge in [-0.2, -0.15) is 5.10 Å². The lowest BCUT2D eigenvalue weighted by atomic mass is 10.1. The molecule has 2 N–H and O–H groups in total. The van der Waals surface area contributed by atoms with E-state index in [4.69, 9.17) is 16.7 Å². The van der Waals surface area contributed by atoms with Gasteiger partial charge in [-0.05, 0) is 18.2 Å². The van der Waals surface area contributed by atoms with Crippen molar-refractivity contribution in [1.29, 1.82) is 0 Å². The van der Waals surface area contributed by atoms with E-state index in [1.807, 2.05) is 4.68 Å². The first-order chi connectivity index (χ1) is 10.6. The molecule has 0 saturated carbocycles. The summed E-state index contributed by atoms with van der Waals surface area (Å²) < 4.78 is 15.7. The maximum Gasteiger partial charge on any atom is 0.129 e. The number of fused-ring (bicyclic) bond motifs is 1. The van der Waals surface area contributed by atoms with Crippen LogP contribution in [0.25, 0.3) is 0 Å². The highest BCUT2D eigenvalue weighted by molar-refractivity contribution is 6.31. The van der Waals surface area contributed by atoms with Gasteiger partial charge < -0.3 is 10.2 Å². The predicted octanol–water partition coefficient (Wildman–Crippen LogP) is 1.72. The van der Waals surface area contributed by atoms with Crippen molar-refractivity contribution < 1.29 is 14.6 Å². The van der Waals surface area contributed by atoms with Crippen molar-refractivity contribution in [3.8, 4) is 0 Å². The summed E-state index contributed by atoms with van der Waals surface area (Å²) in [7, 11) is 0. The van der Waals surface area contributed by atoms with Gasteiger partial charge in [0, 0.05) is 30.2 Å². The molecule has 0 saturated heterocycles. The number of rotatable bonds is 4. The Kier molecular flexibility index (Phi) is 4.44. The van der Waals surface area contributed by atoms with Gasteiger partial charge in [0.1, 0.15) is 11.9 Å². The van der Waals surface area contributed by atoms with Crippen LogP contribution in [0.1, 0.15) is 23.1 Å². The summed E-state index contributed by atoms with van der Waals surface area (Å²) in [5, 5.41) is 23.3. The summed E-state index contributed by atoms with van der Waals surface area (Å²) in [5.74, 6) is -0.303. The van der Waals surface area contributed by atoms with Crippen molar-refractivity contribution >= 4 is 11.6 Å². The minimum absolute atomic E-state index is 0.303. The van der Waals surface area contributed by atoms with E-state index >= 15 is 0 Å². The molecule has 118 valence electrons. The van der Waals surface area contributed by atoms with Gasteiger partial charge in [0.25, 0.3) is 0 Å². The Labute approximate surface area is 132 Å². The van der Waals surface area contributed by atoms with Crippen LogP contribution >= 0.6 is 11.6 Å². The summed E-state index contributed by atoms with van der Waals surface area (Å²) in [6, 6.07) is 6.46. The first-order valence-electron chi connectivity index (χ1n) is 7.09. The van der Waals surface area contributed by atoms with Gasteiger partial charge in [0.15, 0.2) is 0 Å². The van der Waals surface area contributed by atoms with Crippen molar-refractivity contribution in [2.75, 3.05) is 13.2 Å². The van der Waals surface area contributed by atoms with E-state index in [1.165, 1.54) is 6.07 Å². The van der Waals surface area contributed by atoms with Crippen LogP contribution in [0.15, 0.2) is 24.3 Å². The van der Waals surface area contributed by atoms with Gasteiger partial charge in [-0.15, -0.1) is 0 Å². The zero-order chi connectivity index (χ0) is 15.7. The SMILES string of the molecule is OC[C@@H](O)c1cc2n(n1)CCN(Cc1c(F)cccc1Cl)C2. The Bertz CT molecular complexity index is 657. The Balaban J connectivity index is 1.76. The summed E-state index contributed by atoms with van der Waals surface area (Å²) in [6.07, 6.45) is -0.965. The normalized spacial score (nSPS) is 16.5. The smallest absolute Gasteiger partial charge is 0.129 e. The molecule has 0 bridgehead atoms. The highest BCUT2D eigenvalue weighted by Gasteiger charge is 2.22. The average Bonchev–Trinajstić information content (AvgIpc) is 2.93. The molecule has 0 spiro atoms. The maximum absolute atomic E-state index is 13.9. The number of hydrogen-bond donors (Lipinski definition) is 2. The Morgan fingerprint density at radius 1 is 1.36 bits per heavy atom. The molecule has 0 fully saturated rings. The van der Waals surface area contributed by atoms with Crippen molar-refractivity contribution in [2.45, 2.75) is 25.7 Å². The van der Waals surface area contributed by atoms with Crippen molar-refractivity contribution in [2.24, 2.45) is 0 Å². The molecule has 0 unspecified atom stereocenters. The summed E-state index contributed by atoms with van der Waals surface area (Å²) >= 11 is 6.07. The van der Waals surface area contributed by atoms with E-state index in [9.17, 15) is 9.50 Å². The Morgan fingerprint density at radius 2 is 2.18 bits per heavy atom. The molecular weight excluding hydrogens is 309 g/mol. The minimum atomic E-state index is -0.965. The van der Waals surface area contributed by atoms with Crippen molar-refractivity contribution in [3.63, 3.8) is 0 Å². The number of nitrogens with zero attached hydrogens (tertiary/aromatic N) is 3. The fourth-order valence-electron chi connectivity index (χ4n) is 2.64. The zero-order valence-corrected chi connectivity index (χ0v) is 12.7. The van der Waals surface area contributed by atoms with Gasteiger partial charge in [-0.3, -0.25) is 9.58 Å². The molecule has 0 aliphatic carbocycles. The molecule has 0 radical (unpaired) electrons. The van der Waals surface area contributed by atoms with Gasteiger partial charge in [0.2, 0.25) is 0 Å². The molecule has 5 nitrogen and oxygen atoms in total. The van der Waals surface area contributed by atoms with E-state index in [-0.39, 0.29) is 12.4 Å². The number of aliphatic hydroxyl groups is 2. The third kappa shape index (κ3) is 3.01. The average molecular weight is 326 g/mol. The highest BCUT2D eigenvalue weighted by Crippen LogP contribution is 2.24. The lowest BCUT2D eigenvalue weighted by Crippen LogP contribution is -2.33. The van der Waals surface area contributed by atoms with Crippen molar-refractivity contribution in [1.82, 2.24) is 14.7 Å². The zero-order valence-electron chi connectivity index (χ0n) is 11.9. The fraction of sp³-hybridized carbons (Fsp3) is 0.400. The third-order valence-corrected chi connectivity index (χ3v) is 4.21. The van der Waals surface area contributed by atoms with E-state index in [0.29, 0.717) is 42.5 Å². The van der Waals surface area contributed by atoms with Crippen LogP contribution in [0.4, 0.5) is 4.39 Å². The third-order valence-electron chi connectivity index (χ3n) is 3.85. The standard InChI is InChI=1S/C15H17ClFN3O2/c16-12-2-1-3-13(17)11(12)8-19-4-5-20-10(7-19)6-14(18-20)15(22)9-21/h1-3,6,15,21-22H,4-5,7-9H2/t15-/m1/s1. The number of halogens is 2. The minimum Gasteiger partial charge on any atom is -0.393 e. The molecule has 22 heavy (non-hydrogen) atoms. The Morgan fingerprint density at radius 3 is 2.91 bits per heavy atom. The number of benzene rings is 1. The molecule has 2 heterocycles. The van der Waals surface area contributed by atoms with E-state index in [1.54, 1.807) is 18.2 Å². The molecule has 3 rings (SSSR count). The molecule has 7 heteroatoms. The second-order valence-corrected chi connectivity index (χ2v) is 5.80. The molecule has 1 aromatic heterocycles. The molecular formula is C15H17ClFN3O2. The molecule has 1 aliphatic heterocycles. The topological polar surface area (TPSA) is 61.5 Å². The van der Waals surface area contributed by atoms with Crippen molar-refractivity contribution in [3.05, 3.63) is 52.1 Å². The molecule has 2 aromatic rings. The summed E-state index contributed by atoms with van der Waals surface area (Å²) in [4.78, 5) is 2.08. The van der Waals surface area contributed by atoms with Crippen LogP contribution < -0.4 is 0 Å². The molecule has 1 aliphatic rings. The highest BCUT2D eigenvalue weighted by atomic mass is 35.5. The molecule has 1 aromatic carbocycles. The number of aliphatic hydroxyl groups excluding tert-OH is 2. The van der Waals surface area contributed by atoms with Crippen LogP contribution in [-0.2, 0) is 19.6 Å². The van der Waals surface area contributed by atoms with Crippen LogP contribution in [0.2, 0.25) is 5.02 Å². The van der Waals surface area contributed by atoms with Gasteiger partial charge in [0.05, 0.1) is 24.5 Å². The summed E-state index contributed by atoms with van der Waals surface area (Å²) in [6.45, 7) is 2.03. The lowest BCUT2D eigenvalue weighted by molar-refractivity contribution is 0.0915. The van der Waals surface area contributed by atoms with Crippen LogP contribution in [0, 0.1) is 5.82 Å². The van der Waals surface area contributed by atoms with E-state index < -0.39 is 6.10 Å². The van der Waals surface area contributed by atoms with Crippen LogP contribution in [0.3, 0.4) is 0 Å². The molecule has 1 atom stereocenters. The number of aromatic nitrogens is 2. The van der Waals surface area contributed by atoms with Crippen LogP contribution in [0.5, 0.6) is 0 Å². The van der Waals surface area contributed by atoms with Gasteiger partial charge in [-0.25, -0.2) is 4.39 Å². The predicted molar refractivity (Wildman–Crippen MR) is 79.8 cm³/mol. The van der Waals surface area contributed by atoms with Crippen LogP contribution in [-0.4, -0.2) is 38.0 Å². The number of hydrogen-bond acceptors (Lipinski definition) is 4. The largest absolute Gasteiger partial charge is 0.393 e. The van der Waals surface area contributed by atoms with E-state index in [0.717, 1.165) is 5.69 Å². The molecule has 0 amide bonds. The maximum atomic E-state index is 13.9. The quantitative estimate of drug-likeness (QED) is 0.898.